The Kier molecular flexibility index (Phi) is 5.30. The zero-order valence-electron chi connectivity index (χ0n) is 13.2. The molecule has 2 aromatic rings. The van der Waals surface area contributed by atoms with Crippen molar-refractivity contribution in [1.82, 2.24) is 10.3 Å². The van der Waals surface area contributed by atoms with Gasteiger partial charge in [0, 0.05) is 17.7 Å². The molecule has 6 nitrogen and oxygen atoms in total. The van der Waals surface area contributed by atoms with Crippen LogP contribution in [-0.2, 0) is 0 Å². The minimum atomic E-state index is -0.504. The first kappa shape index (κ1) is 16.5. The van der Waals surface area contributed by atoms with Gasteiger partial charge in [0.25, 0.3) is 0 Å². The largest absolute Gasteiger partial charge is 0.439 e. The van der Waals surface area contributed by atoms with Crippen LogP contribution in [0.15, 0.2) is 36.4 Å². The number of carbonyl (C=O) groups is 2. The van der Waals surface area contributed by atoms with E-state index in [-0.39, 0.29) is 6.04 Å². The van der Waals surface area contributed by atoms with Crippen molar-refractivity contribution in [3.8, 4) is 17.4 Å². The number of carbonyl (C=O) groups excluding carboxylic acids is 2. The van der Waals surface area contributed by atoms with Crippen molar-refractivity contribution in [2.75, 3.05) is 0 Å². The summed E-state index contributed by atoms with van der Waals surface area (Å²) >= 11 is 0. The number of nitrogens with zero attached hydrogens (tertiary/aromatic N) is 1. The maximum absolute atomic E-state index is 11.5. The van der Waals surface area contributed by atoms with E-state index in [0.29, 0.717) is 28.6 Å². The topological polar surface area (TPSA) is 77.5 Å². The highest BCUT2D eigenvalue weighted by Gasteiger charge is 2.07. The number of rotatable bonds is 5. The summed E-state index contributed by atoms with van der Waals surface area (Å²) in [5.41, 5.74) is 1.13. The fraction of sp³-hybridized carbons (Fsp3) is 0.235. The third-order valence-corrected chi connectivity index (χ3v) is 2.89. The Morgan fingerprint density at radius 1 is 1.13 bits per heavy atom. The van der Waals surface area contributed by atoms with Gasteiger partial charge in [-0.25, -0.2) is 9.78 Å². The van der Waals surface area contributed by atoms with Crippen LogP contribution < -0.4 is 14.8 Å². The van der Waals surface area contributed by atoms with E-state index in [1.54, 1.807) is 43.3 Å². The van der Waals surface area contributed by atoms with Gasteiger partial charge in [-0.3, -0.25) is 4.79 Å². The van der Waals surface area contributed by atoms with Gasteiger partial charge in [0.1, 0.15) is 11.5 Å². The molecule has 0 unspecified atom stereocenters. The highest BCUT2D eigenvalue weighted by Crippen LogP contribution is 2.23. The monoisotopic (exact) mass is 314 g/mol. The Labute approximate surface area is 134 Å². The molecule has 1 aromatic heterocycles. The summed E-state index contributed by atoms with van der Waals surface area (Å²) in [7, 11) is 0. The predicted octanol–water partition coefficient (Wildman–Crippen LogP) is 3.49. The summed E-state index contributed by atoms with van der Waals surface area (Å²) in [6, 6.07) is 9.87. The number of amides is 1. The second-order valence-corrected chi connectivity index (χ2v) is 5.20. The van der Waals surface area contributed by atoms with E-state index in [1.807, 2.05) is 13.8 Å². The van der Waals surface area contributed by atoms with Crippen LogP contribution in [-0.4, -0.2) is 23.4 Å². The number of aromatic nitrogens is 1. The zero-order chi connectivity index (χ0) is 16.8. The van der Waals surface area contributed by atoms with Gasteiger partial charge in [0.05, 0.1) is 5.69 Å². The Morgan fingerprint density at radius 2 is 1.78 bits per heavy atom. The number of ether oxygens (including phenoxy) is 2. The highest BCUT2D eigenvalue weighted by molar-refractivity contribution is 5.76. The summed E-state index contributed by atoms with van der Waals surface area (Å²) in [6.45, 7) is 5.44. The van der Waals surface area contributed by atoms with E-state index in [4.69, 9.17) is 9.47 Å². The molecule has 0 saturated heterocycles. The molecule has 6 heteroatoms. The summed E-state index contributed by atoms with van der Waals surface area (Å²) in [4.78, 5) is 26.4. The molecule has 0 bridgehead atoms. The lowest BCUT2D eigenvalue weighted by Crippen LogP contribution is -2.32. The number of benzene rings is 1. The molecular weight excluding hydrogens is 296 g/mol. The molecule has 2 rings (SSSR count). The third kappa shape index (κ3) is 4.81. The highest BCUT2D eigenvalue weighted by atomic mass is 16.6. The third-order valence-electron chi connectivity index (χ3n) is 2.89. The molecule has 1 aromatic carbocycles. The molecular formula is C17H18N2O4. The van der Waals surface area contributed by atoms with Gasteiger partial charge in [-0.1, -0.05) is 0 Å². The van der Waals surface area contributed by atoms with Crippen molar-refractivity contribution in [3.05, 3.63) is 47.7 Å². The van der Waals surface area contributed by atoms with Crippen LogP contribution in [0.3, 0.4) is 0 Å². The molecule has 1 N–H and O–H groups in total. The quantitative estimate of drug-likeness (QED) is 0.855. The Bertz CT molecular complexity index is 696. The molecule has 0 radical (unpaired) electrons. The molecule has 0 aliphatic rings. The van der Waals surface area contributed by atoms with Crippen molar-refractivity contribution in [3.63, 3.8) is 0 Å². The normalized spacial score (nSPS) is 10.3. The Hall–Kier alpha value is -2.89. The van der Waals surface area contributed by atoms with Crippen molar-refractivity contribution in [2.24, 2.45) is 0 Å². The van der Waals surface area contributed by atoms with Crippen LogP contribution in [0.5, 0.6) is 17.4 Å². The molecule has 23 heavy (non-hydrogen) atoms. The van der Waals surface area contributed by atoms with E-state index in [9.17, 15) is 9.59 Å². The molecule has 1 amide bonds. The maximum Gasteiger partial charge on any atom is 0.412 e. The zero-order valence-corrected chi connectivity index (χ0v) is 13.2. The first-order chi connectivity index (χ1) is 11.0. The van der Waals surface area contributed by atoms with Crippen LogP contribution in [0.1, 0.15) is 29.9 Å². The van der Waals surface area contributed by atoms with Crippen LogP contribution in [0, 0.1) is 6.92 Å². The van der Waals surface area contributed by atoms with Crippen molar-refractivity contribution in [1.29, 1.82) is 0 Å². The minimum absolute atomic E-state index is 0.00811. The first-order valence-electron chi connectivity index (χ1n) is 7.17. The number of hydrogen-bond donors (Lipinski definition) is 1. The second-order valence-electron chi connectivity index (χ2n) is 5.20. The first-order valence-corrected chi connectivity index (χ1v) is 7.17. The van der Waals surface area contributed by atoms with E-state index in [2.05, 4.69) is 10.3 Å². The summed E-state index contributed by atoms with van der Waals surface area (Å²) in [5, 5.41) is 2.63. The van der Waals surface area contributed by atoms with Crippen molar-refractivity contribution < 1.29 is 19.1 Å². The summed E-state index contributed by atoms with van der Waals surface area (Å²) < 4.78 is 10.7. The fourth-order valence-corrected chi connectivity index (χ4v) is 1.80. The van der Waals surface area contributed by atoms with Gasteiger partial charge in [-0.2, -0.15) is 0 Å². The van der Waals surface area contributed by atoms with Gasteiger partial charge >= 0.3 is 6.09 Å². The predicted molar refractivity (Wildman–Crippen MR) is 85.2 cm³/mol. The second kappa shape index (κ2) is 7.40. The molecule has 0 spiro atoms. The summed E-state index contributed by atoms with van der Waals surface area (Å²) in [6.07, 6.45) is 0.246. The molecule has 1 heterocycles. The smallest absolute Gasteiger partial charge is 0.412 e. The minimum Gasteiger partial charge on any atom is -0.439 e. The van der Waals surface area contributed by atoms with E-state index in [0.717, 1.165) is 6.29 Å². The van der Waals surface area contributed by atoms with E-state index in [1.165, 1.54) is 0 Å². The number of nitrogens with one attached hydrogen (secondary N) is 1. The number of hydrogen-bond acceptors (Lipinski definition) is 5. The van der Waals surface area contributed by atoms with Crippen LogP contribution in [0.4, 0.5) is 4.79 Å². The lowest BCUT2D eigenvalue weighted by molar-refractivity contribution is 0.112. The van der Waals surface area contributed by atoms with Gasteiger partial charge in [-0.15, -0.1) is 0 Å². The molecule has 0 fully saturated rings. The fourth-order valence-electron chi connectivity index (χ4n) is 1.80. The van der Waals surface area contributed by atoms with E-state index >= 15 is 0 Å². The van der Waals surface area contributed by atoms with Crippen LogP contribution >= 0.6 is 0 Å². The molecule has 0 saturated carbocycles. The lowest BCUT2D eigenvalue weighted by Gasteiger charge is -2.10. The maximum atomic E-state index is 11.5. The molecule has 120 valence electrons. The molecule has 0 atom stereocenters. The number of aldehydes is 1. The SMILES string of the molecule is Cc1nc(Oc2ccc(OC(=O)NC(C)C)cc2)ccc1C=O. The Morgan fingerprint density at radius 3 is 2.35 bits per heavy atom. The average molecular weight is 314 g/mol. The van der Waals surface area contributed by atoms with Gasteiger partial charge in [0.2, 0.25) is 5.88 Å². The van der Waals surface area contributed by atoms with Gasteiger partial charge < -0.3 is 14.8 Å². The lowest BCUT2D eigenvalue weighted by atomic mass is 10.2. The summed E-state index contributed by atoms with van der Waals surface area (Å²) in [5.74, 6) is 1.35. The van der Waals surface area contributed by atoms with E-state index < -0.39 is 6.09 Å². The number of pyridine rings is 1. The Balaban J connectivity index is 2.01. The van der Waals surface area contributed by atoms with Crippen LogP contribution in [0.2, 0.25) is 0 Å². The van der Waals surface area contributed by atoms with Crippen molar-refractivity contribution >= 4 is 12.4 Å². The number of aryl methyl sites for hydroxylation is 1. The average Bonchev–Trinajstić information content (AvgIpc) is 2.48. The molecule has 0 aliphatic heterocycles. The molecule has 0 aliphatic carbocycles. The standard InChI is InChI=1S/C17H18N2O4/c1-11(2)18-17(21)23-15-7-5-14(6-8-15)22-16-9-4-13(10-20)12(3)19-16/h4-11H,1-3H3,(H,18,21). The van der Waals surface area contributed by atoms with Gasteiger partial charge in [0.15, 0.2) is 6.29 Å². The van der Waals surface area contributed by atoms with Gasteiger partial charge in [-0.05, 0) is 51.1 Å². The van der Waals surface area contributed by atoms with Crippen molar-refractivity contribution in [2.45, 2.75) is 26.8 Å². The van der Waals surface area contributed by atoms with Crippen LogP contribution in [0.25, 0.3) is 0 Å².